The molecule has 190 valence electrons. The number of primary amides is 1. The summed E-state index contributed by atoms with van der Waals surface area (Å²) in [7, 11) is 1.27. The fraction of sp³-hybridized carbons (Fsp3) is 0.560. The van der Waals surface area contributed by atoms with Crippen LogP contribution in [0, 0.1) is 11.8 Å². The number of aliphatic hydroxyl groups is 1. The van der Waals surface area contributed by atoms with Crippen molar-refractivity contribution in [2.75, 3.05) is 66.2 Å². The molecule has 2 amide bonds. The molecule has 0 spiro atoms. The zero-order chi connectivity index (χ0) is 25.2. The van der Waals surface area contributed by atoms with E-state index >= 15 is 0 Å². The molecule has 0 radical (unpaired) electrons. The number of amides is 2. The van der Waals surface area contributed by atoms with Crippen LogP contribution in [0.3, 0.4) is 0 Å². The average Bonchev–Trinajstić information content (AvgIpc) is 3.19. The van der Waals surface area contributed by atoms with Crippen molar-refractivity contribution in [3.63, 3.8) is 0 Å². The van der Waals surface area contributed by atoms with Crippen LogP contribution in [0.15, 0.2) is 18.2 Å². The monoisotopic (exact) mass is 486 g/mol. The van der Waals surface area contributed by atoms with Crippen LogP contribution in [0.2, 0.25) is 0 Å². The first-order valence-corrected chi connectivity index (χ1v) is 11.9. The molecule has 1 fully saturated rings. The number of piperazine rings is 1. The van der Waals surface area contributed by atoms with E-state index in [0.717, 1.165) is 44.8 Å². The molecular formula is C25H34N4O6. The van der Waals surface area contributed by atoms with Gasteiger partial charge < -0.3 is 25.2 Å². The molecule has 10 heteroatoms. The maximum Gasteiger partial charge on any atom is 0.305 e. The van der Waals surface area contributed by atoms with Crippen LogP contribution in [-0.4, -0.2) is 110 Å². The van der Waals surface area contributed by atoms with Crippen molar-refractivity contribution in [3.05, 3.63) is 34.9 Å². The maximum atomic E-state index is 12.9. The second kappa shape index (κ2) is 13.2. The molecule has 0 aliphatic carbocycles. The number of rotatable bonds is 11. The van der Waals surface area contributed by atoms with Gasteiger partial charge in [0, 0.05) is 63.4 Å². The molecule has 3 N–H and O–H groups in total. The molecule has 1 aromatic carbocycles. The Kier molecular flexibility index (Phi) is 10.0. The Hall–Kier alpha value is -2.97. The standard InChI is InChI=1S/C25H34N4O6/c1-34-23(31)8-7-22(24(26)32)29-18-21-19(4-2-6-20(21)25(29)33)5-3-16-35-17-14-28-11-9-27(10-12-28)13-15-30/h2,4,6,22,30H,7-18H2,1H3,(H2,26,32)/t22-/m0/s1. The van der Waals surface area contributed by atoms with Crippen LogP contribution >= 0.6 is 0 Å². The number of aliphatic hydroxyl groups excluding tert-OH is 1. The van der Waals surface area contributed by atoms with E-state index in [1.807, 2.05) is 6.07 Å². The van der Waals surface area contributed by atoms with Gasteiger partial charge in [0.1, 0.15) is 12.6 Å². The van der Waals surface area contributed by atoms with Crippen LogP contribution < -0.4 is 5.73 Å². The highest BCUT2D eigenvalue weighted by Gasteiger charge is 2.36. The number of β-amino-alcohol motifs (C(OH)–C–C–N with tert-alkyl or cyclic N) is 1. The number of ether oxygens (including phenoxy) is 2. The van der Waals surface area contributed by atoms with Crippen molar-refractivity contribution < 1.29 is 29.0 Å². The minimum atomic E-state index is -0.899. The summed E-state index contributed by atoms with van der Waals surface area (Å²) in [6, 6.07) is 4.40. The minimum absolute atomic E-state index is 0.00736. The summed E-state index contributed by atoms with van der Waals surface area (Å²) in [6.07, 6.45) is 0.0969. The Morgan fingerprint density at radius 3 is 2.54 bits per heavy atom. The third-order valence-electron chi connectivity index (χ3n) is 6.38. The first-order chi connectivity index (χ1) is 16.9. The van der Waals surface area contributed by atoms with Gasteiger partial charge in [-0.1, -0.05) is 17.9 Å². The molecule has 35 heavy (non-hydrogen) atoms. The molecule has 2 aliphatic heterocycles. The van der Waals surface area contributed by atoms with Crippen molar-refractivity contribution in [2.24, 2.45) is 5.73 Å². The van der Waals surface area contributed by atoms with E-state index in [4.69, 9.17) is 15.6 Å². The second-order valence-electron chi connectivity index (χ2n) is 8.56. The zero-order valence-corrected chi connectivity index (χ0v) is 20.2. The van der Waals surface area contributed by atoms with E-state index in [9.17, 15) is 14.4 Å². The number of hydrogen-bond donors (Lipinski definition) is 2. The summed E-state index contributed by atoms with van der Waals surface area (Å²) in [5, 5.41) is 9.02. The maximum absolute atomic E-state index is 12.9. The Bertz CT molecular complexity index is 964. The Morgan fingerprint density at radius 2 is 1.89 bits per heavy atom. The van der Waals surface area contributed by atoms with Gasteiger partial charge in [-0.05, 0) is 24.1 Å². The van der Waals surface area contributed by atoms with Crippen molar-refractivity contribution in [3.8, 4) is 11.8 Å². The molecular weight excluding hydrogens is 452 g/mol. The van der Waals surface area contributed by atoms with Crippen molar-refractivity contribution in [1.82, 2.24) is 14.7 Å². The van der Waals surface area contributed by atoms with E-state index in [1.54, 1.807) is 12.1 Å². The number of nitrogens with two attached hydrogens (primary N) is 1. The third kappa shape index (κ3) is 7.26. The van der Waals surface area contributed by atoms with Gasteiger partial charge in [0.15, 0.2) is 0 Å². The van der Waals surface area contributed by atoms with E-state index in [1.165, 1.54) is 12.0 Å². The molecule has 1 atom stereocenters. The summed E-state index contributed by atoms with van der Waals surface area (Å²) >= 11 is 0. The van der Waals surface area contributed by atoms with E-state index in [2.05, 4.69) is 26.4 Å². The molecule has 0 aromatic heterocycles. The topological polar surface area (TPSA) is 126 Å². The van der Waals surface area contributed by atoms with Crippen molar-refractivity contribution in [2.45, 2.75) is 25.4 Å². The summed E-state index contributed by atoms with van der Waals surface area (Å²) in [6.45, 7) is 6.63. The minimum Gasteiger partial charge on any atom is -0.469 e. The Morgan fingerprint density at radius 1 is 1.17 bits per heavy atom. The number of methoxy groups -OCH3 is 1. The molecule has 1 aromatic rings. The number of benzene rings is 1. The SMILES string of the molecule is COC(=O)CC[C@@H](C(N)=O)N1Cc2c(C#CCOCCN3CCN(CCO)CC3)cccc2C1=O. The van der Waals surface area contributed by atoms with E-state index < -0.39 is 17.9 Å². The number of fused-ring (bicyclic) bond motifs is 1. The number of esters is 1. The van der Waals surface area contributed by atoms with Crippen molar-refractivity contribution in [1.29, 1.82) is 0 Å². The van der Waals surface area contributed by atoms with Gasteiger partial charge in [-0.2, -0.15) is 0 Å². The second-order valence-corrected chi connectivity index (χ2v) is 8.56. The predicted octanol–water partition coefficient (Wildman–Crippen LogP) is -0.572. The lowest BCUT2D eigenvalue weighted by Gasteiger charge is -2.34. The quantitative estimate of drug-likeness (QED) is 0.242. The van der Waals surface area contributed by atoms with Gasteiger partial charge in [0.2, 0.25) is 5.91 Å². The highest BCUT2D eigenvalue weighted by molar-refractivity contribution is 6.01. The van der Waals surface area contributed by atoms with Gasteiger partial charge >= 0.3 is 5.97 Å². The summed E-state index contributed by atoms with van der Waals surface area (Å²) in [5.74, 6) is 4.67. The molecule has 3 rings (SSSR count). The lowest BCUT2D eigenvalue weighted by molar-refractivity contribution is -0.141. The lowest BCUT2D eigenvalue weighted by atomic mass is 10.0. The smallest absolute Gasteiger partial charge is 0.305 e. The summed E-state index contributed by atoms with van der Waals surface area (Å²) in [5.41, 5.74) is 7.48. The summed E-state index contributed by atoms with van der Waals surface area (Å²) in [4.78, 5) is 42.4. The number of nitrogens with zero attached hydrogens (tertiary/aromatic N) is 3. The molecule has 1 saturated heterocycles. The highest BCUT2D eigenvalue weighted by atomic mass is 16.5. The largest absolute Gasteiger partial charge is 0.469 e. The molecule has 0 bridgehead atoms. The first kappa shape index (κ1) is 26.6. The number of carbonyl (C=O) groups excluding carboxylic acids is 3. The zero-order valence-electron chi connectivity index (χ0n) is 20.2. The van der Waals surface area contributed by atoms with Crippen LogP contribution in [0.4, 0.5) is 0 Å². The van der Waals surface area contributed by atoms with Crippen LogP contribution in [0.1, 0.15) is 34.3 Å². The summed E-state index contributed by atoms with van der Waals surface area (Å²) < 4.78 is 10.3. The predicted molar refractivity (Wildman–Crippen MR) is 128 cm³/mol. The highest BCUT2D eigenvalue weighted by Crippen LogP contribution is 2.28. The fourth-order valence-corrected chi connectivity index (χ4v) is 4.36. The molecule has 2 aliphatic rings. The van der Waals surface area contributed by atoms with Crippen LogP contribution in [0.5, 0.6) is 0 Å². The van der Waals surface area contributed by atoms with E-state index in [-0.39, 0.29) is 38.5 Å². The molecule has 2 heterocycles. The van der Waals surface area contributed by atoms with Gasteiger partial charge in [-0.3, -0.25) is 24.2 Å². The van der Waals surface area contributed by atoms with Gasteiger partial charge in [0.05, 0.1) is 20.3 Å². The molecule has 0 unspecified atom stereocenters. The van der Waals surface area contributed by atoms with Gasteiger partial charge in [-0.15, -0.1) is 0 Å². The Balaban J connectivity index is 1.51. The number of carbonyl (C=O) groups is 3. The molecule has 10 nitrogen and oxygen atoms in total. The normalized spacial score (nSPS) is 17.0. The van der Waals surface area contributed by atoms with Crippen LogP contribution in [0.25, 0.3) is 0 Å². The molecule has 0 saturated carbocycles. The lowest BCUT2D eigenvalue weighted by Crippen LogP contribution is -2.47. The number of hydrogen-bond acceptors (Lipinski definition) is 8. The van der Waals surface area contributed by atoms with E-state index in [0.29, 0.717) is 17.7 Å². The van der Waals surface area contributed by atoms with Gasteiger partial charge in [0.25, 0.3) is 5.91 Å². The fourth-order valence-electron chi connectivity index (χ4n) is 4.36. The van der Waals surface area contributed by atoms with Crippen LogP contribution in [-0.2, 0) is 25.6 Å². The third-order valence-corrected chi connectivity index (χ3v) is 6.38. The Labute approximate surface area is 205 Å². The van der Waals surface area contributed by atoms with Crippen molar-refractivity contribution >= 4 is 17.8 Å². The first-order valence-electron chi connectivity index (χ1n) is 11.9. The average molecular weight is 487 g/mol. The van der Waals surface area contributed by atoms with Gasteiger partial charge in [-0.25, -0.2) is 0 Å².